The van der Waals surface area contributed by atoms with Crippen LogP contribution in [0.15, 0.2) is 59.9 Å². The quantitative estimate of drug-likeness (QED) is 0.899. The first-order valence-electron chi connectivity index (χ1n) is 8.86. The molecule has 2 aromatic rings. The molecule has 0 aliphatic carbocycles. The third-order valence-corrected chi connectivity index (χ3v) is 4.75. The van der Waals surface area contributed by atoms with E-state index in [0.717, 1.165) is 5.56 Å². The van der Waals surface area contributed by atoms with E-state index in [4.69, 9.17) is 9.47 Å². The number of nitrogens with zero attached hydrogens (tertiary/aromatic N) is 1. The molecule has 1 atom stereocenters. The summed E-state index contributed by atoms with van der Waals surface area (Å²) < 4.78 is 11.2. The van der Waals surface area contributed by atoms with Crippen molar-refractivity contribution >= 4 is 17.4 Å². The largest absolute Gasteiger partial charge is 0.503 e. The van der Waals surface area contributed by atoms with Gasteiger partial charge in [-0.25, -0.2) is 0 Å². The van der Waals surface area contributed by atoms with Gasteiger partial charge in [0.15, 0.2) is 23.0 Å². The molecule has 0 fully saturated rings. The van der Waals surface area contributed by atoms with Crippen LogP contribution in [0.1, 0.15) is 24.9 Å². The van der Waals surface area contributed by atoms with Crippen molar-refractivity contribution in [2.24, 2.45) is 0 Å². The maximum Gasteiger partial charge on any atom is 0.294 e. The van der Waals surface area contributed by atoms with Crippen LogP contribution in [0, 0.1) is 0 Å². The lowest BCUT2D eigenvalue weighted by atomic mass is 9.95. The molecule has 1 unspecified atom stereocenters. The van der Waals surface area contributed by atoms with Gasteiger partial charge in [-0.2, -0.15) is 0 Å². The van der Waals surface area contributed by atoms with Gasteiger partial charge >= 0.3 is 0 Å². The number of ether oxygens (including phenoxy) is 2. The van der Waals surface area contributed by atoms with E-state index in [2.05, 4.69) is 0 Å². The van der Waals surface area contributed by atoms with E-state index in [1.807, 2.05) is 30.3 Å². The maximum absolute atomic E-state index is 12.9. The first kappa shape index (κ1) is 17.1. The summed E-state index contributed by atoms with van der Waals surface area (Å²) in [4.78, 5) is 26.8. The molecule has 0 spiro atoms. The average molecular weight is 365 g/mol. The van der Waals surface area contributed by atoms with Crippen LogP contribution >= 0.6 is 0 Å². The van der Waals surface area contributed by atoms with Crippen LogP contribution in [-0.4, -0.2) is 30.0 Å². The van der Waals surface area contributed by atoms with Crippen LogP contribution in [0.5, 0.6) is 11.5 Å². The number of hydrogen-bond donors (Lipinski definition) is 1. The molecule has 1 amide bonds. The number of aliphatic hydroxyl groups is 1. The van der Waals surface area contributed by atoms with E-state index in [9.17, 15) is 14.7 Å². The van der Waals surface area contributed by atoms with Crippen LogP contribution < -0.4 is 14.4 Å². The number of amides is 1. The van der Waals surface area contributed by atoms with Gasteiger partial charge in [0.05, 0.1) is 11.6 Å². The molecule has 138 valence electrons. The van der Waals surface area contributed by atoms with Crippen LogP contribution in [0.4, 0.5) is 5.69 Å². The fourth-order valence-corrected chi connectivity index (χ4v) is 3.48. The fraction of sp³-hybridized carbons (Fsp3) is 0.238. The molecule has 0 saturated heterocycles. The second-order valence-electron chi connectivity index (χ2n) is 6.36. The van der Waals surface area contributed by atoms with Crippen molar-refractivity contribution in [3.05, 3.63) is 65.4 Å². The Bertz CT molecular complexity index is 935. The Morgan fingerprint density at radius 1 is 1.11 bits per heavy atom. The van der Waals surface area contributed by atoms with Gasteiger partial charge in [-0.3, -0.25) is 14.5 Å². The molecule has 0 aromatic heterocycles. The first-order valence-corrected chi connectivity index (χ1v) is 8.86. The topological polar surface area (TPSA) is 76.1 Å². The van der Waals surface area contributed by atoms with Crippen LogP contribution in [0.3, 0.4) is 0 Å². The van der Waals surface area contributed by atoms with Gasteiger partial charge in [0.1, 0.15) is 13.2 Å². The molecule has 1 N–H and O–H groups in total. The summed E-state index contributed by atoms with van der Waals surface area (Å²) in [6.07, 6.45) is 0.199. The van der Waals surface area contributed by atoms with Crippen molar-refractivity contribution in [1.82, 2.24) is 0 Å². The zero-order valence-corrected chi connectivity index (χ0v) is 14.8. The molecule has 0 saturated carbocycles. The Morgan fingerprint density at radius 2 is 1.81 bits per heavy atom. The second-order valence-corrected chi connectivity index (χ2v) is 6.36. The maximum atomic E-state index is 12.9. The van der Waals surface area contributed by atoms with Gasteiger partial charge in [-0.05, 0) is 17.7 Å². The highest BCUT2D eigenvalue weighted by atomic mass is 16.6. The monoisotopic (exact) mass is 365 g/mol. The molecule has 2 aliphatic heterocycles. The average Bonchev–Trinajstić information content (AvgIpc) is 2.98. The minimum Gasteiger partial charge on any atom is -0.503 e. The first-order chi connectivity index (χ1) is 13.1. The summed E-state index contributed by atoms with van der Waals surface area (Å²) in [7, 11) is 0. The van der Waals surface area contributed by atoms with E-state index in [0.29, 0.717) is 30.4 Å². The summed E-state index contributed by atoms with van der Waals surface area (Å²) in [5, 5.41) is 10.5. The molecular weight excluding hydrogens is 346 g/mol. The zero-order chi connectivity index (χ0) is 19.0. The number of Topliss-reactive ketones (excluding diaryl/α,β-unsaturated/α-hetero) is 1. The lowest BCUT2D eigenvalue weighted by molar-refractivity contribution is -0.118. The number of anilines is 1. The Hall–Kier alpha value is -3.28. The minimum absolute atomic E-state index is 0.128. The highest BCUT2D eigenvalue weighted by Crippen LogP contribution is 2.43. The predicted octanol–water partition coefficient (Wildman–Crippen LogP) is 3.34. The van der Waals surface area contributed by atoms with E-state index < -0.39 is 17.7 Å². The summed E-state index contributed by atoms with van der Waals surface area (Å²) in [6, 6.07) is 13.7. The Kier molecular flexibility index (Phi) is 4.32. The van der Waals surface area contributed by atoms with Gasteiger partial charge in [0.25, 0.3) is 5.91 Å². The van der Waals surface area contributed by atoms with Crippen LogP contribution in [-0.2, 0) is 9.59 Å². The Morgan fingerprint density at radius 3 is 2.52 bits per heavy atom. The van der Waals surface area contributed by atoms with E-state index in [1.165, 1.54) is 4.90 Å². The number of carbonyl (C=O) groups excluding carboxylic acids is 2. The second kappa shape index (κ2) is 6.79. The summed E-state index contributed by atoms with van der Waals surface area (Å²) in [5.41, 5.74) is 1.41. The molecule has 0 bridgehead atoms. The van der Waals surface area contributed by atoms with Crippen LogP contribution in [0.2, 0.25) is 0 Å². The standard InChI is InChI=1S/C21H19NO5/c1-2-15(23)18-19(13-6-4-3-5-7-13)22(21(25)20(18)24)14-8-9-16-17(12-14)27-11-10-26-16/h3-9,12,19,24H,2,10-11H2,1H3. The van der Waals surface area contributed by atoms with E-state index >= 15 is 0 Å². The highest BCUT2D eigenvalue weighted by Gasteiger charge is 2.44. The van der Waals surface area contributed by atoms with Crippen molar-refractivity contribution in [1.29, 1.82) is 0 Å². The molecular formula is C21H19NO5. The SMILES string of the molecule is CCC(=O)C1=C(O)C(=O)N(c2ccc3c(c2)OCCO3)C1c1ccccc1. The van der Waals surface area contributed by atoms with Gasteiger partial charge in [0.2, 0.25) is 0 Å². The third-order valence-electron chi connectivity index (χ3n) is 4.75. The fourth-order valence-electron chi connectivity index (χ4n) is 3.48. The molecule has 2 aliphatic rings. The Labute approximate surface area is 156 Å². The third kappa shape index (κ3) is 2.83. The van der Waals surface area contributed by atoms with Gasteiger partial charge in [-0.1, -0.05) is 37.3 Å². The van der Waals surface area contributed by atoms with Gasteiger partial charge < -0.3 is 14.6 Å². The summed E-state index contributed by atoms with van der Waals surface area (Å²) in [5.74, 6) is -0.208. The van der Waals surface area contributed by atoms with Crippen LogP contribution in [0.25, 0.3) is 0 Å². The summed E-state index contributed by atoms with van der Waals surface area (Å²) >= 11 is 0. The number of hydrogen-bond acceptors (Lipinski definition) is 5. The number of benzene rings is 2. The molecule has 27 heavy (non-hydrogen) atoms. The normalized spacial score (nSPS) is 18.8. The van der Waals surface area contributed by atoms with Crippen molar-refractivity contribution < 1.29 is 24.2 Å². The van der Waals surface area contributed by atoms with Crippen molar-refractivity contribution in [2.45, 2.75) is 19.4 Å². The molecule has 2 aromatic carbocycles. The number of rotatable bonds is 4. The summed E-state index contributed by atoms with van der Waals surface area (Å²) in [6.45, 7) is 2.61. The number of aliphatic hydroxyl groups excluding tert-OH is 1. The lowest BCUT2D eigenvalue weighted by Crippen LogP contribution is -2.31. The minimum atomic E-state index is -0.686. The Balaban J connectivity index is 1.84. The smallest absolute Gasteiger partial charge is 0.294 e. The molecule has 4 rings (SSSR count). The molecule has 2 heterocycles. The molecule has 6 heteroatoms. The highest BCUT2D eigenvalue weighted by molar-refractivity contribution is 6.16. The van der Waals surface area contributed by atoms with Gasteiger partial charge in [0, 0.05) is 18.2 Å². The van der Waals surface area contributed by atoms with Crippen molar-refractivity contribution in [2.75, 3.05) is 18.1 Å². The molecule has 0 radical (unpaired) electrons. The van der Waals surface area contributed by atoms with Crippen molar-refractivity contribution in [3.63, 3.8) is 0 Å². The number of ketones is 1. The zero-order valence-electron chi connectivity index (χ0n) is 14.8. The predicted molar refractivity (Wildman–Crippen MR) is 99.1 cm³/mol. The number of carbonyl (C=O) groups is 2. The lowest BCUT2D eigenvalue weighted by Gasteiger charge is -2.28. The van der Waals surface area contributed by atoms with Gasteiger partial charge in [-0.15, -0.1) is 0 Å². The van der Waals surface area contributed by atoms with E-state index in [-0.39, 0.29) is 17.8 Å². The van der Waals surface area contributed by atoms with E-state index in [1.54, 1.807) is 25.1 Å². The number of fused-ring (bicyclic) bond motifs is 1. The van der Waals surface area contributed by atoms with Crippen molar-refractivity contribution in [3.8, 4) is 11.5 Å². The molecule has 6 nitrogen and oxygen atoms in total.